The van der Waals surface area contributed by atoms with Gasteiger partial charge in [-0.3, -0.25) is 4.79 Å². The average molecular weight is 296 g/mol. The van der Waals surface area contributed by atoms with Gasteiger partial charge in [0, 0.05) is 4.90 Å². The highest BCUT2D eigenvalue weighted by Gasteiger charge is 2.21. The molecule has 110 valence electrons. The van der Waals surface area contributed by atoms with E-state index >= 15 is 0 Å². The molecule has 0 aliphatic carbocycles. The Morgan fingerprint density at radius 1 is 1.35 bits per heavy atom. The van der Waals surface area contributed by atoms with Crippen molar-refractivity contribution in [3.8, 4) is 0 Å². The van der Waals surface area contributed by atoms with Crippen molar-refractivity contribution in [3.05, 3.63) is 29.3 Å². The van der Waals surface area contributed by atoms with Gasteiger partial charge in [-0.15, -0.1) is 11.8 Å². The topological polar surface area (TPSA) is 63.6 Å². The predicted molar refractivity (Wildman–Crippen MR) is 79.3 cm³/mol. The number of carbonyl (C=O) groups excluding carboxylic acids is 1. The number of carboxylic acids is 1. The Kier molecular flexibility index (Phi) is 6.58. The summed E-state index contributed by atoms with van der Waals surface area (Å²) in [6.45, 7) is 5.89. The average Bonchev–Trinajstić information content (AvgIpc) is 2.40. The number of esters is 1. The molecule has 0 amide bonds. The van der Waals surface area contributed by atoms with Crippen LogP contribution < -0.4 is 0 Å². The van der Waals surface area contributed by atoms with Gasteiger partial charge in [0.1, 0.15) is 5.25 Å². The molecule has 1 atom stereocenters. The van der Waals surface area contributed by atoms with Gasteiger partial charge in [0.05, 0.1) is 12.2 Å². The molecule has 0 saturated heterocycles. The molecule has 0 radical (unpaired) electrons. The van der Waals surface area contributed by atoms with Gasteiger partial charge >= 0.3 is 11.9 Å². The van der Waals surface area contributed by atoms with Crippen LogP contribution in [0.1, 0.15) is 42.6 Å². The Labute approximate surface area is 123 Å². The van der Waals surface area contributed by atoms with Crippen LogP contribution in [0, 0.1) is 6.92 Å². The van der Waals surface area contributed by atoms with E-state index in [1.54, 1.807) is 26.0 Å². The molecule has 0 fully saturated rings. The van der Waals surface area contributed by atoms with Crippen LogP contribution in [0.5, 0.6) is 0 Å². The highest BCUT2D eigenvalue weighted by Crippen LogP contribution is 2.29. The molecule has 1 aromatic carbocycles. The van der Waals surface area contributed by atoms with Crippen LogP contribution in [0.25, 0.3) is 0 Å². The number of carbonyl (C=O) groups is 2. The smallest absolute Gasteiger partial charge is 0.335 e. The summed E-state index contributed by atoms with van der Waals surface area (Å²) in [4.78, 5) is 23.8. The molecule has 5 heteroatoms. The standard InChI is InChI=1S/C15H20O4S/c1-4-6-13(15(18)19-5-2)20-11-8-7-10(3)12(9-11)14(16)17/h7-9,13H,4-6H2,1-3H3,(H,16,17). The van der Waals surface area contributed by atoms with Crippen LogP contribution in [0.15, 0.2) is 23.1 Å². The van der Waals surface area contributed by atoms with E-state index in [1.807, 2.05) is 13.0 Å². The molecular weight excluding hydrogens is 276 g/mol. The van der Waals surface area contributed by atoms with E-state index in [2.05, 4.69) is 0 Å². The molecule has 0 spiro atoms. The minimum atomic E-state index is -0.951. The largest absolute Gasteiger partial charge is 0.478 e. The number of rotatable bonds is 7. The van der Waals surface area contributed by atoms with E-state index in [4.69, 9.17) is 9.84 Å². The van der Waals surface area contributed by atoms with E-state index in [0.717, 1.165) is 11.3 Å². The van der Waals surface area contributed by atoms with E-state index in [0.29, 0.717) is 18.6 Å². The van der Waals surface area contributed by atoms with E-state index in [-0.39, 0.29) is 16.8 Å². The van der Waals surface area contributed by atoms with Crippen molar-refractivity contribution in [3.63, 3.8) is 0 Å². The molecular formula is C15H20O4S. The molecule has 0 aliphatic rings. The van der Waals surface area contributed by atoms with Gasteiger partial charge in [-0.1, -0.05) is 19.4 Å². The second-order valence-electron chi connectivity index (χ2n) is 4.43. The summed E-state index contributed by atoms with van der Waals surface area (Å²) in [6.07, 6.45) is 1.58. The molecule has 0 aliphatic heterocycles. The molecule has 1 unspecified atom stereocenters. The molecule has 20 heavy (non-hydrogen) atoms. The molecule has 4 nitrogen and oxygen atoms in total. The fourth-order valence-corrected chi connectivity index (χ4v) is 2.97. The second-order valence-corrected chi connectivity index (χ2v) is 5.71. The molecule has 0 bridgehead atoms. The number of aryl methyl sites for hydroxylation is 1. The summed E-state index contributed by atoms with van der Waals surface area (Å²) in [5, 5.41) is 8.83. The zero-order chi connectivity index (χ0) is 15.1. The van der Waals surface area contributed by atoms with Crippen LogP contribution in [-0.2, 0) is 9.53 Å². The highest BCUT2D eigenvalue weighted by atomic mass is 32.2. The maximum absolute atomic E-state index is 11.9. The first-order valence-corrected chi connectivity index (χ1v) is 7.54. The first-order chi connectivity index (χ1) is 9.49. The van der Waals surface area contributed by atoms with Crippen LogP contribution in [0.2, 0.25) is 0 Å². The van der Waals surface area contributed by atoms with Crippen LogP contribution in [0.4, 0.5) is 0 Å². The number of hydrogen-bond acceptors (Lipinski definition) is 4. The number of benzene rings is 1. The van der Waals surface area contributed by atoms with Crippen molar-refractivity contribution in [2.75, 3.05) is 6.61 Å². The summed E-state index contributed by atoms with van der Waals surface area (Å²) < 4.78 is 5.05. The summed E-state index contributed by atoms with van der Waals surface area (Å²) in [6, 6.07) is 5.22. The van der Waals surface area contributed by atoms with E-state index in [9.17, 15) is 9.59 Å². The first-order valence-electron chi connectivity index (χ1n) is 6.66. The lowest BCUT2D eigenvalue weighted by molar-refractivity contribution is -0.142. The van der Waals surface area contributed by atoms with Gasteiger partial charge in [-0.2, -0.15) is 0 Å². The van der Waals surface area contributed by atoms with Gasteiger partial charge in [-0.05, 0) is 38.0 Å². The van der Waals surface area contributed by atoms with Crippen LogP contribution in [-0.4, -0.2) is 28.9 Å². The van der Waals surface area contributed by atoms with Gasteiger partial charge in [-0.25, -0.2) is 4.79 Å². The Bertz CT molecular complexity index is 485. The van der Waals surface area contributed by atoms with Gasteiger partial charge in [0.15, 0.2) is 0 Å². The molecule has 1 rings (SSSR count). The Hall–Kier alpha value is -1.49. The van der Waals surface area contributed by atoms with E-state index < -0.39 is 5.97 Å². The SMILES string of the molecule is CCCC(Sc1ccc(C)c(C(=O)O)c1)C(=O)OCC. The molecule has 0 saturated carbocycles. The van der Waals surface area contributed by atoms with Crippen LogP contribution >= 0.6 is 11.8 Å². The normalized spacial score (nSPS) is 11.9. The lowest BCUT2D eigenvalue weighted by Crippen LogP contribution is -2.20. The number of thioether (sulfide) groups is 1. The third-order valence-corrected chi connectivity index (χ3v) is 4.06. The Morgan fingerprint density at radius 3 is 2.60 bits per heavy atom. The third kappa shape index (κ3) is 4.56. The summed E-state index contributed by atoms with van der Waals surface area (Å²) in [7, 11) is 0. The van der Waals surface area contributed by atoms with Crippen molar-refractivity contribution in [1.82, 2.24) is 0 Å². The zero-order valence-corrected chi connectivity index (χ0v) is 12.8. The molecule has 1 N–H and O–H groups in total. The minimum Gasteiger partial charge on any atom is -0.478 e. The van der Waals surface area contributed by atoms with Gasteiger partial charge in [0.25, 0.3) is 0 Å². The summed E-state index contributed by atoms with van der Waals surface area (Å²) >= 11 is 1.36. The maximum atomic E-state index is 11.9. The van der Waals surface area contributed by atoms with Gasteiger partial charge in [0.2, 0.25) is 0 Å². The highest BCUT2D eigenvalue weighted by molar-refractivity contribution is 8.00. The quantitative estimate of drug-likeness (QED) is 0.616. The van der Waals surface area contributed by atoms with Crippen LogP contribution in [0.3, 0.4) is 0 Å². The maximum Gasteiger partial charge on any atom is 0.335 e. The lowest BCUT2D eigenvalue weighted by atomic mass is 10.1. The minimum absolute atomic E-state index is 0.239. The zero-order valence-electron chi connectivity index (χ0n) is 12.0. The molecule has 0 aromatic heterocycles. The summed E-state index contributed by atoms with van der Waals surface area (Å²) in [5.74, 6) is -1.19. The fraction of sp³-hybridized carbons (Fsp3) is 0.467. The molecule has 1 aromatic rings. The predicted octanol–water partition coefficient (Wildman–Crippen LogP) is 3.52. The first kappa shape index (κ1) is 16.6. The second kappa shape index (κ2) is 7.94. The summed E-state index contributed by atoms with van der Waals surface area (Å²) in [5.41, 5.74) is 0.985. The van der Waals surface area contributed by atoms with Crippen molar-refractivity contribution < 1.29 is 19.4 Å². The number of aromatic carboxylic acids is 1. The van der Waals surface area contributed by atoms with Crippen molar-refractivity contribution in [2.45, 2.75) is 43.8 Å². The Balaban J connectivity index is 2.90. The monoisotopic (exact) mass is 296 g/mol. The van der Waals surface area contributed by atoms with Crippen molar-refractivity contribution >= 4 is 23.7 Å². The molecule has 0 heterocycles. The number of ether oxygens (including phenoxy) is 1. The van der Waals surface area contributed by atoms with E-state index in [1.165, 1.54) is 11.8 Å². The number of hydrogen-bond donors (Lipinski definition) is 1. The Morgan fingerprint density at radius 2 is 2.05 bits per heavy atom. The van der Waals surface area contributed by atoms with Gasteiger partial charge < -0.3 is 9.84 Å². The van der Waals surface area contributed by atoms with Crippen molar-refractivity contribution in [1.29, 1.82) is 0 Å². The number of carboxylic acid groups (broad SMARTS) is 1. The van der Waals surface area contributed by atoms with Crippen molar-refractivity contribution in [2.24, 2.45) is 0 Å². The lowest BCUT2D eigenvalue weighted by Gasteiger charge is -2.15. The fourth-order valence-electron chi connectivity index (χ4n) is 1.79. The third-order valence-electron chi connectivity index (χ3n) is 2.82.